The topological polar surface area (TPSA) is 36.3 Å². The number of rotatable bonds is 3. The van der Waals surface area contributed by atoms with Gasteiger partial charge in [-0.3, -0.25) is 9.58 Å². The van der Waals surface area contributed by atoms with Crippen molar-refractivity contribution in [1.82, 2.24) is 19.6 Å². The first-order valence-corrected chi connectivity index (χ1v) is 8.45. The first kappa shape index (κ1) is 16.9. The maximum atomic E-state index is 13.2. The van der Waals surface area contributed by atoms with Crippen molar-refractivity contribution in [3.63, 3.8) is 0 Å². The molecule has 0 bridgehead atoms. The van der Waals surface area contributed by atoms with E-state index in [0.717, 1.165) is 32.7 Å². The van der Waals surface area contributed by atoms with Crippen LogP contribution in [0.1, 0.15) is 11.3 Å². The van der Waals surface area contributed by atoms with E-state index < -0.39 is 0 Å². The van der Waals surface area contributed by atoms with E-state index >= 15 is 0 Å². The van der Waals surface area contributed by atoms with Gasteiger partial charge in [0.15, 0.2) is 5.11 Å². The fourth-order valence-corrected chi connectivity index (χ4v) is 3.12. The molecule has 0 spiro atoms. The van der Waals surface area contributed by atoms with E-state index in [2.05, 4.69) is 27.1 Å². The van der Waals surface area contributed by atoms with E-state index in [1.54, 1.807) is 6.07 Å². The van der Waals surface area contributed by atoms with Crippen molar-refractivity contribution in [3.8, 4) is 0 Å². The van der Waals surface area contributed by atoms with Gasteiger partial charge in [0.2, 0.25) is 0 Å². The molecule has 5 nitrogen and oxygen atoms in total. The summed E-state index contributed by atoms with van der Waals surface area (Å²) in [6.45, 7) is 6.62. The molecular weight excluding hydrogens is 325 g/mol. The quantitative estimate of drug-likeness (QED) is 0.863. The number of nitrogens with one attached hydrogen (secondary N) is 1. The molecule has 7 heteroatoms. The van der Waals surface area contributed by atoms with Crippen molar-refractivity contribution < 1.29 is 4.39 Å². The normalized spacial score (nSPS) is 15.5. The number of nitrogens with zero attached hydrogens (tertiary/aromatic N) is 4. The van der Waals surface area contributed by atoms with Gasteiger partial charge in [0, 0.05) is 56.7 Å². The average Bonchev–Trinajstić information content (AvgIpc) is 2.87. The predicted molar refractivity (Wildman–Crippen MR) is 97.4 cm³/mol. The summed E-state index contributed by atoms with van der Waals surface area (Å²) in [6.07, 6.45) is 1.94. The minimum Gasteiger partial charge on any atom is -0.346 e. The minimum absolute atomic E-state index is 0.264. The highest BCUT2D eigenvalue weighted by Crippen LogP contribution is 2.14. The summed E-state index contributed by atoms with van der Waals surface area (Å²) in [5.74, 6) is -0.264. The Bertz CT molecular complexity index is 722. The highest BCUT2D eigenvalue weighted by Gasteiger charge is 2.20. The number of thiocarbonyl (C=S) groups is 1. The Morgan fingerprint density at radius 3 is 2.67 bits per heavy atom. The van der Waals surface area contributed by atoms with E-state index in [1.165, 1.54) is 23.4 Å². The number of aryl methyl sites for hydroxylation is 1. The van der Waals surface area contributed by atoms with E-state index in [1.807, 2.05) is 24.0 Å². The molecule has 1 N–H and O–H groups in total. The lowest BCUT2D eigenvalue weighted by atomic mass is 10.2. The first-order chi connectivity index (χ1) is 11.5. The third kappa shape index (κ3) is 3.91. The van der Waals surface area contributed by atoms with Gasteiger partial charge in [-0.05, 0) is 37.3 Å². The SMILES string of the molecule is Cc1c(CN2CCN(C(=S)Nc3cccc(F)c3)CC2)cnn1C. The zero-order chi connectivity index (χ0) is 17.1. The van der Waals surface area contributed by atoms with Crippen LogP contribution >= 0.6 is 12.2 Å². The number of hydrogen-bond donors (Lipinski definition) is 1. The Morgan fingerprint density at radius 1 is 1.29 bits per heavy atom. The molecule has 2 aromatic rings. The number of piperazine rings is 1. The van der Waals surface area contributed by atoms with Crippen LogP contribution in [-0.4, -0.2) is 50.9 Å². The van der Waals surface area contributed by atoms with E-state index in [9.17, 15) is 4.39 Å². The zero-order valence-corrected chi connectivity index (χ0v) is 14.8. The Kier molecular flexibility index (Phi) is 5.11. The van der Waals surface area contributed by atoms with Crippen LogP contribution in [0.5, 0.6) is 0 Å². The number of benzene rings is 1. The van der Waals surface area contributed by atoms with Crippen LogP contribution in [0.2, 0.25) is 0 Å². The second kappa shape index (κ2) is 7.27. The van der Waals surface area contributed by atoms with Gasteiger partial charge in [-0.1, -0.05) is 6.07 Å². The summed E-state index contributed by atoms with van der Waals surface area (Å²) in [6, 6.07) is 6.37. The summed E-state index contributed by atoms with van der Waals surface area (Å²) in [5.41, 5.74) is 3.17. The molecule has 1 aliphatic heterocycles. The monoisotopic (exact) mass is 347 g/mol. The van der Waals surface area contributed by atoms with Gasteiger partial charge in [-0.2, -0.15) is 5.10 Å². The van der Waals surface area contributed by atoms with Gasteiger partial charge < -0.3 is 10.2 Å². The molecular formula is C17H22FN5S. The minimum atomic E-state index is -0.264. The third-order valence-electron chi connectivity index (χ3n) is 4.47. The Labute approximate surface area is 147 Å². The van der Waals surface area contributed by atoms with Gasteiger partial charge in [0.05, 0.1) is 6.20 Å². The van der Waals surface area contributed by atoms with Crippen molar-refractivity contribution in [2.24, 2.45) is 7.05 Å². The first-order valence-electron chi connectivity index (χ1n) is 8.04. The lowest BCUT2D eigenvalue weighted by molar-refractivity contribution is 0.176. The Balaban J connectivity index is 1.51. The maximum absolute atomic E-state index is 13.2. The van der Waals surface area contributed by atoms with Crippen molar-refractivity contribution in [1.29, 1.82) is 0 Å². The maximum Gasteiger partial charge on any atom is 0.173 e. The Morgan fingerprint density at radius 2 is 2.04 bits per heavy atom. The molecule has 0 saturated carbocycles. The molecule has 128 valence electrons. The molecule has 3 rings (SSSR count). The molecule has 1 saturated heterocycles. The van der Waals surface area contributed by atoms with Crippen LogP contribution in [0.3, 0.4) is 0 Å². The highest BCUT2D eigenvalue weighted by molar-refractivity contribution is 7.80. The second-order valence-electron chi connectivity index (χ2n) is 6.08. The number of aromatic nitrogens is 2. The van der Waals surface area contributed by atoms with Crippen molar-refractivity contribution in [2.75, 3.05) is 31.5 Å². The lowest BCUT2D eigenvalue weighted by Crippen LogP contribution is -2.49. The van der Waals surface area contributed by atoms with Crippen molar-refractivity contribution >= 4 is 23.0 Å². The largest absolute Gasteiger partial charge is 0.346 e. The van der Waals surface area contributed by atoms with Gasteiger partial charge in [0.25, 0.3) is 0 Å². The molecule has 1 aromatic carbocycles. The standard InChI is InChI=1S/C17H22FN5S/c1-13-14(11-19-21(13)2)12-22-6-8-23(9-7-22)17(24)20-16-5-3-4-15(18)10-16/h3-5,10-11H,6-9,12H2,1-2H3,(H,20,24). The fourth-order valence-electron chi connectivity index (χ4n) is 2.82. The molecule has 0 amide bonds. The van der Waals surface area contributed by atoms with Crippen molar-refractivity contribution in [2.45, 2.75) is 13.5 Å². The second-order valence-corrected chi connectivity index (χ2v) is 6.47. The van der Waals surface area contributed by atoms with Crippen LogP contribution < -0.4 is 5.32 Å². The molecule has 1 fully saturated rings. The highest BCUT2D eigenvalue weighted by atomic mass is 32.1. The number of anilines is 1. The molecule has 0 unspecified atom stereocenters. The fraction of sp³-hybridized carbons (Fsp3) is 0.412. The third-order valence-corrected chi connectivity index (χ3v) is 4.83. The summed E-state index contributed by atoms with van der Waals surface area (Å²) >= 11 is 5.45. The molecule has 2 heterocycles. The lowest BCUT2D eigenvalue weighted by Gasteiger charge is -2.36. The van der Waals surface area contributed by atoms with Gasteiger partial charge in [-0.25, -0.2) is 4.39 Å². The predicted octanol–water partition coefficient (Wildman–Crippen LogP) is 2.38. The number of halogens is 1. The molecule has 0 atom stereocenters. The van der Waals surface area contributed by atoms with Gasteiger partial charge >= 0.3 is 0 Å². The average molecular weight is 347 g/mol. The molecule has 0 aliphatic carbocycles. The molecule has 1 aliphatic rings. The van der Waals surface area contributed by atoms with Crippen LogP contribution in [0.15, 0.2) is 30.5 Å². The summed E-state index contributed by atoms with van der Waals surface area (Å²) in [7, 11) is 1.97. The summed E-state index contributed by atoms with van der Waals surface area (Å²) in [4.78, 5) is 4.54. The van der Waals surface area contributed by atoms with E-state index in [0.29, 0.717) is 10.8 Å². The van der Waals surface area contributed by atoms with Crippen LogP contribution in [0.4, 0.5) is 10.1 Å². The molecule has 24 heavy (non-hydrogen) atoms. The zero-order valence-electron chi connectivity index (χ0n) is 14.0. The Hall–Kier alpha value is -1.99. The van der Waals surface area contributed by atoms with Crippen LogP contribution in [-0.2, 0) is 13.6 Å². The summed E-state index contributed by atoms with van der Waals surface area (Å²) < 4.78 is 15.1. The van der Waals surface area contributed by atoms with Crippen LogP contribution in [0, 0.1) is 12.7 Å². The number of hydrogen-bond acceptors (Lipinski definition) is 3. The van der Waals surface area contributed by atoms with Crippen LogP contribution in [0.25, 0.3) is 0 Å². The van der Waals surface area contributed by atoms with Gasteiger partial charge in [-0.15, -0.1) is 0 Å². The molecule has 0 radical (unpaired) electrons. The summed E-state index contributed by atoms with van der Waals surface area (Å²) in [5, 5.41) is 8.06. The van der Waals surface area contributed by atoms with E-state index in [4.69, 9.17) is 12.2 Å². The van der Waals surface area contributed by atoms with Crippen molar-refractivity contribution in [3.05, 3.63) is 47.5 Å². The molecule has 1 aromatic heterocycles. The smallest absolute Gasteiger partial charge is 0.173 e. The van der Waals surface area contributed by atoms with E-state index in [-0.39, 0.29) is 5.82 Å². The van der Waals surface area contributed by atoms with Gasteiger partial charge in [0.1, 0.15) is 5.82 Å².